The van der Waals surface area contributed by atoms with E-state index in [4.69, 9.17) is 20.8 Å². The molecule has 2 rings (SSSR count). The molecule has 1 unspecified atom stereocenters. The standard InChI is InChI=1S/C16H21ClN2O3/c1-6-19(15(20)22-16(3,4)5)10(2)13-9-11(17)14-12(18-13)7-8-21-14/h7-10H,6H2,1-5H3. The Labute approximate surface area is 135 Å². The lowest BCUT2D eigenvalue weighted by molar-refractivity contribution is 0.0183. The summed E-state index contributed by atoms with van der Waals surface area (Å²) in [5, 5.41) is 0.483. The summed E-state index contributed by atoms with van der Waals surface area (Å²) in [5.74, 6) is 0. The summed E-state index contributed by atoms with van der Waals surface area (Å²) >= 11 is 6.21. The van der Waals surface area contributed by atoms with Gasteiger partial charge in [-0.2, -0.15) is 0 Å². The van der Waals surface area contributed by atoms with Gasteiger partial charge in [-0.05, 0) is 40.7 Å². The van der Waals surface area contributed by atoms with E-state index in [2.05, 4.69) is 4.98 Å². The minimum atomic E-state index is -0.538. The molecule has 0 aliphatic carbocycles. The van der Waals surface area contributed by atoms with Crippen molar-refractivity contribution in [2.24, 2.45) is 0 Å². The molecule has 120 valence electrons. The van der Waals surface area contributed by atoms with Crippen LogP contribution in [-0.2, 0) is 4.74 Å². The molecule has 0 saturated carbocycles. The van der Waals surface area contributed by atoms with Gasteiger partial charge in [0, 0.05) is 12.6 Å². The number of nitrogens with zero attached hydrogens (tertiary/aromatic N) is 2. The summed E-state index contributed by atoms with van der Waals surface area (Å²) in [6, 6.07) is 3.23. The van der Waals surface area contributed by atoms with Crippen molar-refractivity contribution >= 4 is 28.8 Å². The summed E-state index contributed by atoms with van der Waals surface area (Å²) in [4.78, 5) is 18.5. The van der Waals surface area contributed by atoms with Crippen molar-refractivity contribution in [3.8, 4) is 0 Å². The molecule has 0 N–H and O–H groups in total. The van der Waals surface area contributed by atoms with Crippen LogP contribution < -0.4 is 0 Å². The second-order valence-corrected chi connectivity index (χ2v) is 6.51. The Kier molecular flexibility index (Phi) is 4.66. The largest absolute Gasteiger partial charge is 0.461 e. The van der Waals surface area contributed by atoms with Gasteiger partial charge in [0.05, 0.1) is 23.0 Å². The summed E-state index contributed by atoms with van der Waals surface area (Å²) in [6.07, 6.45) is 1.18. The number of carbonyl (C=O) groups excluding carboxylic acids is 1. The van der Waals surface area contributed by atoms with Crippen LogP contribution in [-0.4, -0.2) is 28.1 Å². The molecule has 0 saturated heterocycles. The van der Waals surface area contributed by atoms with E-state index in [0.29, 0.717) is 28.4 Å². The number of hydrogen-bond donors (Lipinski definition) is 0. The lowest BCUT2D eigenvalue weighted by atomic mass is 10.1. The van der Waals surface area contributed by atoms with E-state index in [1.54, 1.807) is 23.3 Å². The molecule has 1 atom stereocenters. The SMILES string of the molecule is CCN(C(=O)OC(C)(C)C)C(C)c1cc(Cl)c2occc2n1. The predicted octanol–water partition coefficient (Wildman–Crippen LogP) is 4.80. The fourth-order valence-electron chi connectivity index (χ4n) is 2.19. The van der Waals surface area contributed by atoms with Gasteiger partial charge in [-0.25, -0.2) is 9.78 Å². The second-order valence-electron chi connectivity index (χ2n) is 6.11. The molecular weight excluding hydrogens is 304 g/mol. The molecule has 1 amide bonds. The molecule has 2 aromatic rings. The highest BCUT2D eigenvalue weighted by molar-refractivity contribution is 6.34. The zero-order valence-electron chi connectivity index (χ0n) is 13.5. The van der Waals surface area contributed by atoms with Crippen molar-refractivity contribution in [1.82, 2.24) is 9.88 Å². The fraction of sp³-hybridized carbons (Fsp3) is 0.500. The minimum Gasteiger partial charge on any atom is -0.461 e. The zero-order valence-corrected chi connectivity index (χ0v) is 14.3. The van der Waals surface area contributed by atoms with Crippen LogP contribution in [0.3, 0.4) is 0 Å². The monoisotopic (exact) mass is 324 g/mol. The Hall–Kier alpha value is -1.75. The van der Waals surface area contributed by atoms with Crippen molar-refractivity contribution in [2.75, 3.05) is 6.54 Å². The van der Waals surface area contributed by atoms with Crippen molar-refractivity contribution in [2.45, 2.75) is 46.3 Å². The molecule has 0 bridgehead atoms. The van der Waals surface area contributed by atoms with Crippen LogP contribution in [0, 0.1) is 0 Å². The molecule has 22 heavy (non-hydrogen) atoms. The van der Waals surface area contributed by atoms with Crippen LogP contribution in [0.15, 0.2) is 22.8 Å². The quantitative estimate of drug-likeness (QED) is 0.813. The molecule has 2 aromatic heterocycles. The molecule has 0 radical (unpaired) electrons. The first-order valence-corrected chi connectivity index (χ1v) is 7.64. The first kappa shape index (κ1) is 16.6. The summed E-state index contributed by atoms with van der Waals surface area (Å²) in [6.45, 7) is 9.84. The van der Waals surface area contributed by atoms with Gasteiger partial charge >= 0.3 is 6.09 Å². The third kappa shape index (κ3) is 3.53. The highest BCUT2D eigenvalue weighted by Gasteiger charge is 2.27. The van der Waals surface area contributed by atoms with E-state index in [0.717, 1.165) is 0 Å². The first-order valence-electron chi connectivity index (χ1n) is 7.26. The van der Waals surface area contributed by atoms with E-state index >= 15 is 0 Å². The summed E-state index contributed by atoms with van der Waals surface area (Å²) in [5.41, 5.74) is 1.39. The number of hydrogen-bond acceptors (Lipinski definition) is 4. The Morgan fingerprint density at radius 2 is 2.18 bits per heavy atom. The van der Waals surface area contributed by atoms with Crippen molar-refractivity contribution in [3.05, 3.63) is 29.1 Å². The normalized spacial score (nSPS) is 13.2. The molecule has 2 heterocycles. The van der Waals surface area contributed by atoms with Gasteiger partial charge in [0.2, 0.25) is 0 Å². The molecule has 0 spiro atoms. The van der Waals surface area contributed by atoms with Crippen molar-refractivity contribution in [1.29, 1.82) is 0 Å². The summed E-state index contributed by atoms with van der Waals surface area (Å²) in [7, 11) is 0. The number of halogens is 1. The van der Waals surface area contributed by atoms with Crippen LogP contribution in [0.2, 0.25) is 5.02 Å². The average molecular weight is 325 g/mol. The maximum atomic E-state index is 12.3. The molecule has 6 heteroatoms. The summed E-state index contributed by atoms with van der Waals surface area (Å²) < 4.78 is 10.7. The predicted molar refractivity (Wildman–Crippen MR) is 86.0 cm³/mol. The topological polar surface area (TPSA) is 55.6 Å². The van der Waals surface area contributed by atoms with Crippen LogP contribution in [0.5, 0.6) is 0 Å². The van der Waals surface area contributed by atoms with E-state index in [1.807, 2.05) is 34.6 Å². The van der Waals surface area contributed by atoms with E-state index < -0.39 is 5.60 Å². The first-order chi connectivity index (χ1) is 10.2. The van der Waals surface area contributed by atoms with Gasteiger partial charge in [-0.3, -0.25) is 0 Å². The molecule has 0 aliphatic rings. The third-order valence-corrected chi connectivity index (χ3v) is 3.53. The van der Waals surface area contributed by atoms with E-state index in [-0.39, 0.29) is 12.1 Å². The Bertz CT molecular complexity index is 676. The number of pyridine rings is 1. The average Bonchev–Trinajstić information content (AvgIpc) is 2.86. The van der Waals surface area contributed by atoms with Crippen molar-refractivity contribution < 1.29 is 13.9 Å². The second kappa shape index (κ2) is 6.16. The van der Waals surface area contributed by atoms with Crippen LogP contribution in [0.25, 0.3) is 11.1 Å². The zero-order chi connectivity index (χ0) is 16.5. The molecule has 0 aromatic carbocycles. The Morgan fingerprint density at radius 3 is 2.77 bits per heavy atom. The maximum absolute atomic E-state index is 12.3. The fourth-order valence-corrected chi connectivity index (χ4v) is 2.44. The van der Waals surface area contributed by atoms with Gasteiger partial charge in [-0.1, -0.05) is 11.6 Å². The van der Waals surface area contributed by atoms with Gasteiger partial charge < -0.3 is 14.1 Å². The van der Waals surface area contributed by atoms with Gasteiger partial charge in [-0.15, -0.1) is 0 Å². The van der Waals surface area contributed by atoms with Gasteiger partial charge in [0.1, 0.15) is 11.1 Å². The van der Waals surface area contributed by atoms with Crippen LogP contribution in [0.4, 0.5) is 4.79 Å². The van der Waals surface area contributed by atoms with E-state index in [1.165, 1.54) is 0 Å². The number of rotatable bonds is 3. The third-order valence-electron chi connectivity index (χ3n) is 3.25. The van der Waals surface area contributed by atoms with Crippen LogP contribution >= 0.6 is 11.6 Å². The number of ether oxygens (including phenoxy) is 1. The van der Waals surface area contributed by atoms with E-state index in [9.17, 15) is 4.79 Å². The number of carbonyl (C=O) groups is 1. The highest BCUT2D eigenvalue weighted by atomic mass is 35.5. The Morgan fingerprint density at radius 1 is 1.50 bits per heavy atom. The van der Waals surface area contributed by atoms with Gasteiger partial charge in [0.15, 0.2) is 5.58 Å². The number of fused-ring (bicyclic) bond motifs is 1. The molecular formula is C16H21ClN2O3. The number of amides is 1. The van der Waals surface area contributed by atoms with Crippen molar-refractivity contribution in [3.63, 3.8) is 0 Å². The lowest BCUT2D eigenvalue weighted by Crippen LogP contribution is -2.38. The smallest absolute Gasteiger partial charge is 0.410 e. The minimum absolute atomic E-state index is 0.253. The lowest BCUT2D eigenvalue weighted by Gasteiger charge is -2.30. The number of furan rings is 1. The van der Waals surface area contributed by atoms with Gasteiger partial charge in [0.25, 0.3) is 0 Å². The van der Waals surface area contributed by atoms with Crippen LogP contribution in [0.1, 0.15) is 46.4 Å². The molecule has 5 nitrogen and oxygen atoms in total. The molecule has 0 fully saturated rings. The maximum Gasteiger partial charge on any atom is 0.410 e. The number of aromatic nitrogens is 1. The highest BCUT2D eigenvalue weighted by Crippen LogP contribution is 2.29. The molecule has 0 aliphatic heterocycles. The Balaban J connectivity index is 2.30.